The highest BCUT2D eigenvalue weighted by atomic mass is 15.3. The van der Waals surface area contributed by atoms with E-state index in [4.69, 9.17) is 5.26 Å². The van der Waals surface area contributed by atoms with E-state index in [0.29, 0.717) is 12.0 Å². The van der Waals surface area contributed by atoms with E-state index in [1.165, 1.54) is 0 Å². The average molecular weight is 224 g/mol. The number of hydrogen-bond acceptors (Lipinski definition) is 4. The molecule has 16 heavy (non-hydrogen) atoms. The van der Waals surface area contributed by atoms with Gasteiger partial charge in [-0.25, -0.2) is 0 Å². The summed E-state index contributed by atoms with van der Waals surface area (Å²) in [6.45, 7) is 7.19. The van der Waals surface area contributed by atoms with E-state index in [1.54, 1.807) is 0 Å². The Balaban J connectivity index is 2.57. The van der Waals surface area contributed by atoms with Crippen molar-refractivity contribution in [3.05, 3.63) is 0 Å². The fraction of sp³-hybridized carbons (Fsp3) is 0.917. The lowest BCUT2D eigenvalue weighted by Crippen LogP contribution is -2.48. The van der Waals surface area contributed by atoms with Crippen LogP contribution in [0.25, 0.3) is 0 Å². The van der Waals surface area contributed by atoms with Crippen LogP contribution in [0.3, 0.4) is 0 Å². The third-order valence-electron chi connectivity index (χ3n) is 3.65. The molecule has 1 aliphatic heterocycles. The minimum atomic E-state index is -0.430. The number of nitrogens with one attached hydrogen (secondary N) is 1. The molecule has 1 saturated heterocycles. The van der Waals surface area contributed by atoms with E-state index in [-0.39, 0.29) is 0 Å². The first-order valence-electron chi connectivity index (χ1n) is 5.91. The van der Waals surface area contributed by atoms with Gasteiger partial charge in [0.15, 0.2) is 0 Å². The second-order valence-corrected chi connectivity index (χ2v) is 5.40. The molecule has 1 rings (SSSR count). The molecule has 0 aromatic carbocycles. The molecule has 4 nitrogen and oxygen atoms in total. The second kappa shape index (κ2) is 5.13. The van der Waals surface area contributed by atoms with E-state index in [9.17, 15) is 0 Å². The maximum atomic E-state index is 9.14. The molecular formula is C12H24N4. The van der Waals surface area contributed by atoms with Crippen molar-refractivity contribution in [2.24, 2.45) is 5.92 Å². The normalized spacial score (nSPS) is 30.3. The minimum absolute atomic E-state index is 0.430. The summed E-state index contributed by atoms with van der Waals surface area (Å²) in [4.78, 5) is 4.67. The highest BCUT2D eigenvalue weighted by Crippen LogP contribution is 2.21. The van der Waals surface area contributed by atoms with Crippen LogP contribution >= 0.6 is 0 Å². The molecule has 1 fully saturated rings. The van der Waals surface area contributed by atoms with Crippen LogP contribution in [-0.4, -0.2) is 62.2 Å². The van der Waals surface area contributed by atoms with Crippen LogP contribution in [0.5, 0.6) is 0 Å². The topological polar surface area (TPSA) is 42.3 Å². The van der Waals surface area contributed by atoms with Gasteiger partial charge >= 0.3 is 0 Å². The van der Waals surface area contributed by atoms with Crippen molar-refractivity contribution in [1.29, 1.82) is 5.26 Å². The Bertz CT molecular complexity index is 271. The van der Waals surface area contributed by atoms with Gasteiger partial charge in [0.05, 0.1) is 6.07 Å². The molecule has 0 aromatic rings. The van der Waals surface area contributed by atoms with Gasteiger partial charge in [0.25, 0.3) is 0 Å². The Labute approximate surface area is 99.2 Å². The van der Waals surface area contributed by atoms with Crippen LogP contribution in [0.4, 0.5) is 0 Å². The van der Waals surface area contributed by atoms with Crippen molar-refractivity contribution in [2.45, 2.75) is 25.4 Å². The average Bonchev–Trinajstić information content (AvgIpc) is 2.59. The summed E-state index contributed by atoms with van der Waals surface area (Å²) in [5, 5.41) is 12.2. The quantitative estimate of drug-likeness (QED) is 0.749. The van der Waals surface area contributed by atoms with Crippen LogP contribution in [0, 0.1) is 17.2 Å². The van der Waals surface area contributed by atoms with Gasteiger partial charge in [0, 0.05) is 25.7 Å². The van der Waals surface area contributed by atoms with Gasteiger partial charge in [-0.2, -0.15) is 5.26 Å². The van der Waals surface area contributed by atoms with Crippen molar-refractivity contribution in [3.63, 3.8) is 0 Å². The predicted molar refractivity (Wildman–Crippen MR) is 66.2 cm³/mol. The predicted octanol–water partition coefficient (Wildman–Crippen LogP) is 0.370. The van der Waals surface area contributed by atoms with Crippen molar-refractivity contribution < 1.29 is 0 Å². The van der Waals surface area contributed by atoms with E-state index >= 15 is 0 Å². The fourth-order valence-electron chi connectivity index (χ4n) is 2.47. The number of likely N-dealkylation sites (tertiary alicyclic amines) is 1. The Morgan fingerprint density at radius 2 is 2.12 bits per heavy atom. The second-order valence-electron chi connectivity index (χ2n) is 5.40. The van der Waals surface area contributed by atoms with E-state index in [0.717, 1.165) is 19.6 Å². The monoisotopic (exact) mass is 224 g/mol. The first kappa shape index (κ1) is 13.4. The zero-order valence-corrected chi connectivity index (χ0v) is 11.1. The number of likely N-dealkylation sites (N-methyl/N-ethyl adjacent to an activating group) is 2. The van der Waals surface area contributed by atoms with Gasteiger partial charge in [-0.3, -0.25) is 4.90 Å². The number of hydrogen-bond donors (Lipinski definition) is 1. The first-order chi connectivity index (χ1) is 7.41. The van der Waals surface area contributed by atoms with Gasteiger partial charge in [-0.05, 0) is 34.0 Å². The maximum Gasteiger partial charge on any atom is 0.116 e. The summed E-state index contributed by atoms with van der Waals surface area (Å²) in [6, 6.07) is 2.96. The van der Waals surface area contributed by atoms with Crippen LogP contribution in [0.2, 0.25) is 0 Å². The molecule has 0 amide bonds. The smallest absolute Gasteiger partial charge is 0.116 e. The summed E-state index contributed by atoms with van der Waals surface area (Å²) in [5.74, 6) is 0.676. The molecule has 92 valence electrons. The molecular weight excluding hydrogens is 200 g/mol. The minimum Gasteiger partial charge on any atom is -0.305 e. The zero-order valence-electron chi connectivity index (χ0n) is 11.1. The summed E-state index contributed by atoms with van der Waals surface area (Å²) < 4.78 is 0. The Morgan fingerprint density at radius 1 is 1.50 bits per heavy atom. The molecule has 0 bridgehead atoms. The molecule has 0 aliphatic carbocycles. The van der Waals surface area contributed by atoms with E-state index in [2.05, 4.69) is 42.2 Å². The Kier molecular flexibility index (Phi) is 4.31. The molecule has 0 aromatic heterocycles. The lowest BCUT2D eigenvalue weighted by Gasteiger charge is -2.27. The van der Waals surface area contributed by atoms with Crippen molar-refractivity contribution >= 4 is 0 Å². The van der Waals surface area contributed by atoms with Crippen molar-refractivity contribution in [2.75, 3.05) is 40.8 Å². The summed E-state index contributed by atoms with van der Waals surface area (Å²) in [5.41, 5.74) is -0.430. The molecule has 0 radical (unpaired) electrons. The van der Waals surface area contributed by atoms with Gasteiger partial charge < -0.3 is 10.2 Å². The molecule has 1 heterocycles. The summed E-state index contributed by atoms with van der Waals surface area (Å²) >= 11 is 0. The van der Waals surface area contributed by atoms with Crippen molar-refractivity contribution in [3.8, 4) is 6.07 Å². The summed E-state index contributed by atoms with van der Waals surface area (Å²) in [7, 11) is 6.12. The third-order valence-corrected chi connectivity index (χ3v) is 3.65. The molecule has 0 saturated carbocycles. The summed E-state index contributed by atoms with van der Waals surface area (Å²) in [6.07, 6.45) is 0. The molecule has 3 atom stereocenters. The largest absolute Gasteiger partial charge is 0.305 e. The number of rotatable bonds is 4. The highest BCUT2D eigenvalue weighted by Gasteiger charge is 2.34. The van der Waals surface area contributed by atoms with Crippen LogP contribution in [0.1, 0.15) is 13.8 Å². The lowest BCUT2D eigenvalue weighted by molar-refractivity contribution is 0.234. The first-order valence-corrected chi connectivity index (χ1v) is 5.91. The third kappa shape index (κ3) is 2.94. The van der Waals surface area contributed by atoms with Crippen LogP contribution in [-0.2, 0) is 0 Å². The van der Waals surface area contributed by atoms with Gasteiger partial charge in [-0.1, -0.05) is 6.92 Å². The highest BCUT2D eigenvalue weighted by molar-refractivity contribution is 5.06. The van der Waals surface area contributed by atoms with Crippen LogP contribution in [0.15, 0.2) is 0 Å². The molecule has 3 unspecified atom stereocenters. The molecule has 1 aliphatic rings. The fourth-order valence-corrected chi connectivity index (χ4v) is 2.47. The molecule has 1 N–H and O–H groups in total. The Morgan fingerprint density at radius 3 is 2.50 bits per heavy atom. The number of nitrogens with zero attached hydrogens (tertiary/aromatic N) is 3. The lowest BCUT2D eigenvalue weighted by atomic mass is 10.0. The van der Waals surface area contributed by atoms with Gasteiger partial charge in [0.1, 0.15) is 5.54 Å². The molecule has 0 spiro atoms. The van der Waals surface area contributed by atoms with E-state index < -0.39 is 5.54 Å². The SMILES string of the molecule is CNC(C)(C#N)CN1CC(C)C(N(C)C)C1. The van der Waals surface area contributed by atoms with Gasteiger partial charge in [-0.15, -0.1) is 0 Å². The van der Waals surface area contributed by atoms with Crippen molar-refractivity contribution in [1.82, 2.24) is 15.1 Å². The number of nitriles is 1. The zero-order chi connectivity index (χ0) is 12.3. The maximum absolute atomic E-state index is 9.14. The Hall–Kier alpha value is -0.630. The van der Waals surface area contributed by atoms with Crippen LogP contribution < -0.4 is 5.32 Å². The van der Waals surface area contributed by atoms with Gasteiger partial charge in [0.2, 0.25) is 0 Å². The standard InChI is InChI=1S/C12H24N4/c1-10-6-16(7-11(10)15(4)5)9-12(2,8-13)14-3/h10-11,14H,6-7,9H2,1-5H3. The van der Waals surface area contributed by atoms with E-state index in [1.807, 2.05) is 14.0 Å². The molecule has 4 heteroatoms.